The second-order valence-electron chi connectivity index (χ2n) is 5.76. The molecule has 0 saturated carbocycles. The number of ether oxygens (including phenoxy) is 1. The van der Waals surface area contributed by atoms with Gasteiger partial charge in [-0.1, -0.05) is 13.8 Å². The van der Waals surface area contributed by atoms with Crippen molar-refractivity contribution in [3.05, 3.63) is 0 Å². The number of esters is 1. The molecule has 2 atom stereocenters. The number of carbonyl (C=O) groups is 2. The van der Waals surface area contributed by atoms with Gasteiger partial charge in [0.15, 0.2) is 0 Å². The Morgan fingerprint density at radius 3 is 2.22 bits per heavy atom. The molecule has 0 fully saturated rings. The SMILES string of the molecule is CCC(CC(C)C(=O)O)C(=O)OCC[N+](C)(C)C. The van der Waals surface area contributed by atoms with Crippen molar-refractivity contribution in [1.82, 2.24) is 0 Å². The van der Waals surface area contributed by atoms with E-state index in [2.05, 4.69) is 0 Å². The van der Waals surface area contributed by atoms with Crippen LogP contribution in [0.2, 0.25) is 0 Å². The van der Waals surface area contributed by atoms with Crippen LogP contribution in [-0.2, 0) is 14.3 Å². The number of rotatable bonds is 8. The van der Waals surface area contributed by atoms with Crippen LogP contribution in [0, 0.1) is 11.8 Å². The van der Waals surface area contributed by atoms with Gasteiger partial charge >= 0.3 is 11.9 Å². The fourth-order valence-electron chi connectivity index (χ4n) is 1.50. The van der Waals surface area contributed by atoms with E-state index in [1.165, 1.54) is 0 Å². The van der Waals surface area contributed by atoms with E-state index in [1.807, 2.05) is 28.1 Å². The molecule has 5 nitrogen and oxygen atoms in total. The normalized spacial score (nSPS) is 14.9. The van der Waals surface area contributed by atoms with Gasteiger partial charge in [0.2, 0.25) is 0 Å². The van der Waals surface area contributed by atoms with E-state index >= 15 is 0 Å². The maximum absolute atomic E-state index is 11.8. The fraction of sp³-hybridized carbons (Fsp3) is 0.846. The molecular weight excluding hydrogens is 234 g/mol. The van der Waals surface area contributed by atoms with E-state index in [-0.39, 0.29) is 11.9 Å². The molecule has 0 aromatic carbocycles. The minimum absolute atomic E-state index is 0.279. The average Bonchev–Trinajstić information content (AvgIpc) is 2.23. The van der Waals surface area contributed by atoms with E-state index in [9.17, 15) is 9.59 Å². The molecule has 0 heterocycles. The van der Waals surface area contributed by atoms with Crippen LogP contribution < -0.4 is 0 Å². The summed E-state index contributed by atoms with van der Waals surface area (Å²) in [5, 5.41) is 8.84. The highest BCUT2D eigenvalue weighted by Crippen LogP contribution is 2.17. The van der Waals surface area contributed by atoms with E-state index in [0.717, 1.165) is 11.0 Å². The molecule has 0 amide bonds. The van der Waals surface area contributed by atoms with Gasteiger partial charge in [-0.2, -0.15) is 0 Å². The molecule has 0 aliphatic carbocycles. The molecule has 0 spiro atoms. The molecule has 106 valence electrons. The molecule has 0 aromatic rings. The lowest BCUT2D eigenvalue weighted by Crippen LogP contribution is -2.38. The first kappa shape index (κ1) is 16.9. The summed E-state index contributed by atoms with van der Waals surface area (Å²) in [7, 11) is 6.08. The zero-order chi connectivity index (χ0) is 14.3. The minimum atomic E-state index is -0.868. The predicted octanol–water partition coefficient (Wildman–Crippen LogP) is 1.37. The first-order chi connectivity index (χ1) is 8.17. The summed E-state index contributed by atoms with van der Waals surface area (Å²) in [6.45, 7) is 4.61. The molecule has 1 N–H and O–H groups in total. The van der Waals surface area contributed by atoms with Gasteiger partial charge in [0.1, 0.15) is 13.2 Å². The van der Waals surface area contributed by atoms with Crippen molar-refractivity contribution in [3.8, 4) is 0 Å². The number of carboxylic acid groups (broad SMARTS) is 1. The largest absolute Gasteiger partial charge is 0.481 e. The van der Waals surface area contributed by atoms with Crippen molar-refractivity contribution in [1.29, 1.82) is 0 Å². The number of quaternary nitrogens is 1. The second-order valence-corrected chi connectivity index (χ2v) is 5.76. The zero-order valence-corrected chi connectivity index (χ0v) is 12.1. The van der Waals surface area contributed by atoms with Crippen LogP contribution in [0.4, 0.5) is 0 Å². The lowest BCUT2D eigenvalue weighted by molar-refractivity contribution is -0.870. The van der Waals surface area contributed by atoms with Crippen molar-refractivity contribution < 1.29 is 23.9 Å². The van der Waals surface area contributed by atoms with Crippen LogP contribution in [0.15, 0.2) is 0 Å². The number of carbonyl (C=O) groups excluding carboxylic acids is 1. The number of aliphatic carboxylic acids is 1. The summed E-state index contributed by atoms with van der Waals surface area (Å²) in [5.41, 5.74) is 0. The highest BCUT2D eigenvalue weighted by atomic mass is 16.5. The van der Waals surface area contributed by atoms with Gasteiger partial charge < -0.3 is 14.3 Å². The minimum Gasteiger partial charge on any atom is -0.481 e. The second kappa shape index (κ2) is 7.36. The number of likely N-dealkylation sites (N-methyl/N-ethyl adjacent to an activating group) is 1. The van der Waals surface area contributed by atoms with Gasteiger partial charge in [0, 0.05) is 0 Å². The van der Waals surface area contributed by atoms with Crippen molar-refractivity contribution in [3.63, 3.8) is 0 Å². The van der Waals surface area contributed by atoms with E-state index in [0.29, 0.717) is 19.4 Å². The molecule has 2 unspecified atom stereocenters. The number of hydrogen-bond donors (Lipinski definition) is 1. The molecule has 18 heavy (non-hydrogen) atoms. The lowest BCUT2D eigenvalue weighted by atomic mass is 9.94. The van der Waals surface area contributed by atoms with E-state index < -0.39 is 11.9 Å². The van der Waals surface area contributed by atoms with Crippen LogP contribution in [0.25, 0.3) is 0 Å². The van der Waals surface area contributed by atoms with Crippen molar-refractivity contribution in [2.24, 2.45) is 11.8 Å². The van der Waals surface area contributed by atoms with Crippen LogP contribution in [0.1, 0.15) is 26.7 Å². The Hall–Kier alpha value is -1.10. The van der Waals surface area contributed by atoms with Gasteiger partial charge in [-0.05, 0) is 12.8 Å². The number of hydrogen-bond acceptors (Lipinski definition) is 3. The summed E-state index contributed by atoms with van der Waals surface area (Å²) in [5.74, 6) is -1.98. The predicted molar refractivity (Wildman–Crippen MR) is 69.1 cm³/mol. The highest BCUT2D eigenvalue weighted by molar-refractivity contribution is 5.74. The van der Waals surface area contributed by atoms with Crippen LogP contribution in [-0.4, -0.2) is 55.8 Å². The van der Waals surface area contributed by atoms with Gasteiger partial charge in [0.05, 0.1) is 33.0 Å². The third-order valence-electron chi connectivity index (χ3n) is 2.89. The Bertz CT molecular complexity index is 283. The first-order valence-electron chi connectivity index (χ1n) is 6.37. The van der Waals surface area contributed by atoms with E-state index in [4.69, 9.17) is 9.84 Å². The summed E-state index contributed by atoms with van der Waals surface area (Å²) >= 11 is 0. The van der Waals surface area contributed by atoms with E-state index in [1.54, 1.807) is 6.92 Å². The smallest absolute Gasteiger partial charge is 0.309 e. The maximum Gasteiger partial charge on any atom is 0.309 e. The Morgan fingerprint density at radius 1 is 1.28 bits per heavy atom. The fourth-order valence-corrected chi connectivity index (χ4v) is 1.50. The molecule has 0 aliphatic rings. The van der Waals surface area contributed by atoms with Crippen LogP contribution >= 0.6 is 0 Å². The first-order valence-corrected chi connectivity index (χ1v) is 6.37. The zero-order valence-electron chi connectivity index (χ0n) is 12.1. The third-order valence-corrected chi connectivity index (χ3v) is 2.89. The average molecular weight is 260 g/mol. The van der Waals surface area contributed by atoms with Crippen molar-refractivity contribution in [2.75, 3.05) is 34.3 Å². The maximum atomic E-state index is 11.8. The van der Waals surface area contributed by atoms with Gasteiger partial charge in [0.25, 0.3) is 0 Å². The van der Waals surface area contributed by atoms with Gasteiger partial charge in [-0.25, -0.2) is 0 Å². The molecule has 5 heteroatoms. The van der Waals surface area contributed by atoms with Crippen LogP contribution in [0.3, 0.4) is 0 Å². The Kier molecular flexibility index (Phi) is 6.91. The highest BCUT2D eigenvalue weighted by Gasteiger charge is 2.24. The summed E-state index contributed by atoms with van der Waals surface area (Å²) < 4.78 is 5.94. The van der Waals surface area contributed by atoms with Crippen LogP contribution in [0.5, 0.6) is 0 Å². The Balaban J connectivity index is 4.15. The molecule has 0 aromatic heterocycles. The Morgan fingerprint density at radius 2 is 1.83 bits per heavy atom. The topological polar surface area (TPSA) is 63.6 Å². The van der Waals surface area contributed by atoms with Crippen molar-refractivity contribution >= 4 is 11.9 Å². The molecule has 0 bridgehead atoms. The quantitative estimate of drug-likeness (QED) is 0.529. The van der Waals surface area contributed by atoms with Gasteiger partial charge in [-0.15, -0.1) is 0 Å². The molecule has 0 aliphatic heterocycles. The third kappa shape index (κ3) is 7.27. The Labute approximate surface area is 109 Å². The number of carboxylic acids is 1. The number of nitrogens with zero attached hydrogens (tertiary/aromatic N) is 1. The summed E-state index contributed by atoms with van der Waals surface area (Å²) in [6, 6.07) is 0. The summed E-state index contributed by atoms with van der Waals surface area (Å²) in [6.07, 6.45) is 0.954. The standard InChI is InChI=1S/C13H25NO4/c1-6-11(9-10(2)12(15)16)13(17)18-8-7-14(3,4)5/h10-11H,6-9H2,1-5H3/p+1. The molecule has 0 saturated heterocycles. The molecule has 0 rings (SSSR count). The lowest BCUT2D eigenvalue weighted by Gasteiger charge is -2.24. The molecular formula is C13H26NO4+. The monoisotopic (exact) mass is 260 g/mol. The van der Waals surface area contributed by atoms with Crippen molar-refractivity contribution in [2.45, 2.75) is 26.7 Å². The summed E-state index contributed by atoms with van der Waals surface area (Å²) in [4.78, 5) is 22.6. The van der Waals surface area contributed by atoms with Gasteiger partial charge in [-0.3, -0.25) is 9.59 Å². The molecule has 0 radical (unpaired) electrons.